The molecule has 12 heavy (non-hydrogen) atoms. The average molecular weight is 304 g/mol. The molecule has 0 aromatic carbocycles. The topological polar surface area (TPSA) is 109 Å². The number of rotatable bonds is 5. The molecule has 0 unspecified atom stereocenters. The molecule has 0 aromatic rings. The van der Waals surface area contributed by atoms with Crippen molar-refractivity contribution in [3.8, 4) is 0 Å². The van der Waals surface area contributed by atoms with Gasteiger partial charge in [-0.1, -0.05) is 0 Å². The van der Waals surface area contributed by atoms with Crippen LogP contribution in [0, 0.1) is 0 Å². The van der Waals surface area contributed by atoms with Crippen LogP contribution < -0.4 is 0 Å². The van der Waals surface area contributed by atoms with E-state index < -0.39 is 47.6 Å². The van der Waals surface area contributed by atoms with Gasteiger partial charge in [0.15, 0.2) is 0 Å². The number of hydrogen-bond acceptors (Lipinski definition) is 4. The van der Waals surface area contributed by atoms with Crippen molar-refractivity contribution in [2.45, 2.75) is 0 Å². The van der Waals surface area contributed by atoms with Crippen LogP contribution in [0.4, 0.5) is 0 Å². The van der Waals surface area contributed by atoms with Crippen molar-refractivity contribution in [3.63, 3.8) is 0 Å². The van der Waals surface area contributed by atoms with Gasteiger partial charge in [0.2, 0.25) is 0 Å². The average Bonchev–Trinajstić information content (AvgIpc) is 1.98. The summed E-state index contributed by atoms with van der Waals surface area (Å²) in [7, 11) is 0. The second kappa shape index (κ2) is 5.05. The first-order valence-corrected chi connectivity index (χ1v) is 8.39. The van der Waals surface area contributed by atoms with Crippen molar-refractivity contribution in [3.05, 3.63) is 0 Å². The van der Waals surface area contributed by atoms with Crippen LogP contribution in [-0.2, 0) is 19.2 Å². The summed E-state index contributed by atoms with van der Waals surface area (Å²) in [4.78, 5) is 40.5. The number of carboxylic acid groups (broad SMARTS) is 2. The molecule has 0 saturated carbocycles. The van der Waals surface area contributed by atoms with Crippen molar-refractivity contribution in [2.24, 2.45) is 0 Å². The van der Waals surface area contributed by atoms with Gasteiger partial charge in [0, 0.05) is 0 Å². The van der Waals surface area contributed by atoms with Crippen LogP contribution in [0.1, 0.15) is 0 Å². The zero-order valence-electron chi connectivity index (χ0n) is 5.34. The van der Waals surface area contributed by atoms with Crippen LogP contribution >= 0.6 is 0 Å². The van der Waals surface area contributed by atoms with E-state index in [0.29, 0.717) is 0 Å². The first-order chi connectivity index (χ1) is 5.45. The van der Waals surface area contributed by atoms with Gasteiger partial charge in [-0.2, -0.15) is 0 Å². The fourth-order valence-electron chi connectivity index (χ4n) is 0.147. The Kier molecular flexibility index (Phi) is 4.76. The molecule has 0 saturated heterocycles. The summed E-state index contributed by atoms with van der Waals surface area (Å²) in [6, 6.07) is 0. The summed E-state index contributed by atoms with van der Waals surface area (Å²) in [6.07, 6.45) is 0. The molecule has 0 aliphatic rings. The fourth-order valence-corrected chi connectivity index (χ4v) is 3.97. The van der Waals surface area contributed by atoms with Crippen LogP contribution in [0.2, 0.25) is 0 Å². The summed E-state index contributed by atoms with van der Waals surface area (Å²) in [5, 5.41) is 16.1. The van der Waals surface area contributed by atoms with Crippen molar-refractivity contribution < 1.29 is 29.4 Å². The van der Waals surface area contributed by atoms with Gasteiger partial charge in [-0.25, -0.2) is 0 Å². The molecule has 2 N–H and O–H groups in total. The Morgan fingerprint density at radius 3 is 1.17 bits per heavy atom. The van der Waals surface area contributed by atoms with Crippen molar-refractivity contribution >= 4 is 47.6 Å². The van der Waals surface area contributed by atoms with Crippen LogP contribution in [-0.4, -0.2) is 57.8 Å². The molecule has 66 valence electrons. The van der Waals surface area contributed by atoms with Crippen molar-refractivity contribution in [1.82, 2.24) is 0 Å². The van der Waals surface area contributed by atoms with E-state index in [0.717, 1.165) is 0 Å². The van der Waals surface area contributed by atoms with Crippen LogP contribution in [0.25, 0.3) is 0 Å². The zero-order chi connectivity index (χ0) is 9.72. The van der Waals surface area contributed by atoms with E-state index in [9.17, 15) is 19.2 Å². The van der Waals surface area contributed by atoms with Gasteiger partial charge in [0.05, 0.1) is 0 Å². The maximum absolute atomic E-state index is 10.4. The first-order valence-electron chi connectivity index (χ1n) is 2.34. The van der Waals surface area contributed by atoms with Gasteiger partial charge >= 0.3 is 77.0 Å². The maximum atomic E-state index is 10.4. The molecule has 0 aliphatic heterocycles. The Morgan fingerprint density at radius 2 is 1.00 bits per heavy atom. The summed E-state index contributed by atoms with van der Waals surface area (Å²) in [5.74, 6) is -3.23. The second-order valence-corrected chi connectivity index (χ2v) is 7.24. The van der Waals surface area contributed by atoms with Gasteiger partial charge in [0.1, 0.15) is 0 Å². The van der Waals surface area contributed by atoms with E-state index in [2.05, 4.69) is 0 Å². The van der Waals surface area contributed by atoms with E-state index in [-0.39, 0.29) is 0 Å². The van der Waals surface area contributed by atoms with Crippen molar-refractivity contribution in [1.29, 1.82) is 0 Å². The predicted octanol–water partition coefficient (Wildman–Crippen LogP) is -2.47. The number of carbonyl (C=O) groups excluding carboxylic acids is 2. The summed E-state index contributed by atoms with van der Waals surface area (Å²) < 4.78 is -2.14. The predicted molar refractivity (Wildman–Crippen MR) is 36.8 cm³/mol. The van der Waals surface area contributed by atoms with E-state index in [1.807, 2.05) is 0 Å². The van der Waals surface area contributed by atoms with E-state index in [4.69, 9.17) is 10.2 Å². The number of aliphatic carboxylic acids is 2. The Hall–Kier alpha value is -0.681. The standard InChI is InChI=1S/C4H2O6Se2/c5-1(6)3(9)11-12-4(10)2(7)8/h(H,5,6)(H,7,8). The third-order valence-electron chi connectivity index (χ3n) is 0.542. The van der Waals surface area contributed by atoms with Crippen LogP contribution in [0.5, 0.6) is 0 Å². The SMILES string of the molecule is O=C(O)C(=O)[Se][Se]C(=O)C(=O)O. The third kappa shape index (κ3) is 4.25. The molecule has 0 fully saturated rings. The summed E-state index contributed by atoms with van der Waals surface area (Å²) >= 11 is -2.09. The molecule has 0 heterocycles. The molecule has 0 aromatic heterocycles. The molecule has 0 amide bonds. The Labute approximate surface area is 77.2 Å². The summed E-state index contributed by atoms with van der Waals surface area (Å²) in [6.45, 7) is 0. The molecular weight excluding hydrogens is 302 g/mol. The molecule has 0 rings (SSSR count). The van der Waals surface area contributed by atoms with E-state index in [1.54, 1.807) is 0 Å². The minimum absolute atomic E-state index is 1.05. The van der Waals surface area contributed by atoms with Gasteiger partial charge in [-0.15, -0.1) is 0 Å². The molecule has 8 heteroatoms. The number of hydrogen-bond donors (Lipinski definition) is 2. The molecular formula is C4H2O6Se2. The fraction of sp³-hybridized carbons (Fsp3) is 0. The van der Waals surface area contributed by atoms with Gasteiger partial charge in [-0.05, 0) is 0 Å². The molecule has 0 bridgehead atoms. The van der Waals surface area contributed by atoms with Gasteiger partial charge < -0.3 is 0 Å². The van der Waals surface area contributed by atoms with E-state index >= 15 is 0 Å². The third-order valence-corrected chi connectivity index (χ3v) is 6.29. The minimum atomic E-state index is -1.62. The molecule has 0 radical (unpaired) electrons. The quantitative estimate of drug-likeness (QED) is 0.430. The van der Waals surface area contributed by atoms with E-state index in [1.165, 1.54) is 0 Å². The Bertz CT molecular complexity index is 220. The Morgan fingerprint density at radius 1 is 0.750 bits per heavy atom. The molecule has 0 aliphatic carbocycles. The number of carbonyl (C=O) groups is 4. The monoisotopic (exact) mass is 306 g/mol. The first kappa shape index (κ1) is 11.3. The zero-order valence-corrected chi connectivity index (χ0v) is 8.77. The molecule has 0 atom stereocenters. The van der Waals surface area contributed by atoms with Crippen LogP contribution in [0.15, 0.2) is 0 Å². The van der Waals surface area contributed by atoms with Crippen LogP contribution in [0.3, 0.4) is 0 Å². The molecule has 0 spiro atoms. The van der Waals surface area contributed by atoms with Crippen molar-refractivity contribution in [2.75, 3.05) is 0 Å². The second-order valence-electron chi connectivity index (χ2n) is 1.35. The number of carboxylic acids is 2. The normalized spacial score (nSPS) is 9.00. The Balaban J connectivity index is 3.85. The van der Waals surface area contributed by atoms with Gasteiger partial charge in [-0.3, -0.25) is 0 Å². The molecule has 6 nitrogen and oxygen atoms in total. The van der Waals surface area contributed by atoms with Gasteiger partial charge in [0.25, 0.3) is 0 Å². The summed E-state index contributed by atoms with van der Waals surface area (Å²) in [5.41, 5.74) is 0.